The zero-order chi connectivity index (χ0) is 12.9. The van der Waals surface area contributed by atoms with E-state index in [1.54, 1.807) is 0 Å². The van der Waals surface area contributed by atoms with Gasteiger partial charge in [-0.1, -0.05) is 19.0 Å². The second-order valence-corrected chi connectivity index (χ2v) is 7.13. The number of hydrogen-bond acceptors (Lipinski definition) is 5. The Morgan fingerprint density at radius 2 is 2.18 bits per heavy atom. The van der Waals surface area contributed by atoms with Crippen LogP contribution in [0.3, 0.4) is 0 Å². The summed E-state index contributed by atoms with van der Waals surface area (Å²) in [5, 5.41) is 2.95. The van der Waals surface area contributed by atoms with Crippen LogP contribution in [0.2, 0.25) is 0 Å². The molecule has 0 radical (unpaired) electrons. The highest BCUT2D eigenvalue weighted by atomic mass is 32.2. The van der Waals surface area contributed by atoms with Gasteiger partial charge in [-0.15, -0.1) is 0 Å². The highest BCUT2D eigenvalue weighted by Crippen LogP contribution is 2.64. The zero-order valence-electron chi connectivity index (χ0n) is 10.1. The van der Waals surface area contributed by atoms with Crippen molar-refractivity contribution in [3.63, 3.8) is 0 Å². The normalized spacial score (nSPS) is 34.9. The third-order valence-electron chi connectivity index (χ3n) is 4.73. The van der Waals surface area contributed by atoms with E-state index in [2.05, 4.69) is 16.2 Å². The Morgan fingerprint density at radius 1 is 1.53 bits per heavy atom. The maximum absolute atomic E-state index is 12.1. The molecule has 0 saturated heterocycles. The van der Waals surface area contributed by atoms with Gasteiger partial charge in [0.25, 0.3) is 0 Å². The highest BCUT2D eigenvalue weighted by molar-refractivity contribution is 7.86. The van der Waals surface area contributed by atoms with Gasteiger partial charge >= 0.3 is 10.1 Å². The predicted molar refractivity (Wildman–Crippen MR) is 63.0 cm³/mol. The van der Waals surface area contributed by atoms with Gasteiger partial charge in [0.2, 0.25) is 0 Å². The summed E-state index contributed by atoms with van der Waals surface area (Å²) in [7, 11) is -3.81. The Hall–Kier alpha value is -0.910. The van der Waals surface area contributed by atoms with Crippen molar-refractivity contribution in [2.24, 2.45) is 21.9 Å². The molecule has 6 heteroatoms. The average molecular weight is 259 g/mol. The van der Waals surface area contributed by atoms with E-state index in [9.17, 15) is 13.2 Å². The van der Waals surface area contributed by atoms with E-state index in [1.165, 1.54) is 0 Å². The first kappa shape index (κ1) is 12.5. The summed E-state index contributed by atoms with van der Waals surface area (Å²) in [6.07, 6.45) is 2.03. The highest BCUT2D eigenvalue weighted by Gasteiger charge is 2.65. The van der Waals surface area contributed by atoms with Gasteiger partial charge in [-0.2, -0.15) is 8.42 Å². The molecule has 2 aliphatic carbocycles. The summed E-state index contributed by atoms with van der Waals surface area (Å²) in [5.41, 5.74) is -1.07. The molecule has 2 fully saturated rings. The molecule has 0 aromatic carbocycles. The second kappa shape index (κ2) is 3.54. The Balaban J connectivity index is 2.36. The standard InChI is InChI=1S/C11H17NO4S/c1-10(2)8-4-5-11(10,9(13)6-8)7-17(14,15)16-12-3/h8H,3-7H2,1-2H3. The zero-order valence-corrected chi connectivity index (χ0v) is 10.9. The summed E-state index contributed by atoms with van der Waals surface area (Å²) < 4.78 is 27.7. The van der Waals surface area contributed by atoms with Crippen LogP contribution in [0, 0.1) is 16.7 Å². The summed E-state index contributed by atoms with van der Waals surface area (Å²) in [5.74, 6) is 0.0679. The average Bonchev–Trinajstić information content (AvgIpc) is 2.50. The Bertz CT molecular complexity index is 468. The topological polar surface area (TPSA) is 72.8 Å². The van der Waals surface area contributed by atoms with Crippen LogP contribution in [0.5, 0.6) is 0 Å². The van der Waals surface area contributed by atoms with E-state index in [1.807, 2.05) is 13.8 Å². The van der Waals surface area contributed by atoms with Gasteiger partial charge in [0.1, 0.15) is 11.5 Å². The molecule has 0 N–H and O–H groups in total. The van der Waals surface area contributed by atoms with Crippen LogP contribution in [-0.2, 0) is 19.2 Å². The molecule has 5 nitrogen and oxygen atoms in total. The molecule has 2 atom stereocenters. The lowest BCUT2D eigenvalue weighted by atomic mass is 9.70. The number of fused-ring (bicyclic) bond motifs is 2. The second-order valence-electron chi connectivity index (χ2n) is 5.57. The SMILES string of the molecule is C=NOS(=O)(=O)CC12CCC(CC1=O)C2(C)C. The molecule has 0 aromatic rings. The first-order chi connectivity index (χ1) is 7.75. The summed E-state index contributed by atoms with van der Waals surface area (Å²) in [6, 6.07) is 0. The Morgan fingerprint density at radius 3 is 2.59 bits per heavy atom. The predicted octanol–water partition coefficient (Wildman–Crippen LogP) is 1.34. The molecule has 2 aliphatic rings. The number of rotatable bonds is 4. The van der Waals surface area contributed by atoms with Crippen molar-refractivity contribution < 1.29 is 17.5 Å². The molecule has 17 heavy (non-hydrogen) atoms. The van der Waals surface area contributed by atoms with Gasteiger partial charge < -0.3 is 0 Å². The van der Waals surface area contributed by atoms with Crippen molar-refractivity contribution in [2.45, 2.75) is 33.1 Å². The van der Waals surface area contributed by atoms with E-state index in [-0.39, 0.29) is 17.0 Å². The number of nitrogens with zero attached hydrogens (tertiary/aromatic N) is 1. The minimum atomic E-state index is -3.81. The van der Waals surface area contributed by atoms with Crippen LogP contribution in [0.4, 0.5) is 0 Å². The van der Waals surface area contributed by atoms with E-state index in [0.29, 0.717) is 18.8 Å². The summed E-state index contributed by atoms with van der Waals surface area (Å²) in [6.45, 7) is 6.96. The number of carbonyl (C=O) groups excluding carboxylic acids is 1. The molecule has 2 rings (SSSR count). The quantitative estimate of drug-likeness (QED) is 0.564. The van der Waals surface area contributed by atoms with Gasteiger partial charge in [-0.05, 0) is 24.2 Å². The Labute approximate surface area is 101 Å². The van der Waals surface area contributed by atoms with Crippen molar-refractivity contribution in [1.82, 2.24) is 0 Å². The van der Waals surface area contributed by atoms with E-state index in [4.69, 9.17) is 0 Å². The van der Waals surface area contributed by atoms with Gasteiger partial charge in [-0.3, -0.25) is 9.08 Å². The fourth-order valence-electron chi connectivity index (χ4n) is 3.52. The van der Waals surface area contributed by atoms with Crippen LogP contribution in [0.1, 0.15) is 33.1 Å². The lowest BCUT2D eigenvalue weighted by molar-refractivity contribution is -0.128. The van der Waals surface area contributed by atoms with E-state index < -0.39 is 15.5 Å². The molecule has 2 saturated carbocycles. The minimum absolute atomic E-state index is 0.0509. The Kier molecular flexibility index (Phi) is 2.61. The van der Waals surface area contributed by atoms with Gasteiger partial charge in [0.15, 0.2) is 0 Å². The van der Waals surface area contributed by atoms with Crippen molar-refractivity contribution >= 4 is 22.6 Å². The molecule has 0 amide bonds. The van der Waals surface area contributed by atoms with E-state index >= 15 is 0 Å². The lowest BCUT2D eigenvalue weighted by Crippen LogP contribution is -2.42. The molecule has 0 spiro atoms. The molecule has 0 aliphatic heterocycles. The van der Waals surface area contributed by atoms with Crippen molar-refractivity contribution in [3.05, 3.63) is 0 Å². The van der Waals surface area contributed by atoms with E-state index in [0.717, 1.165) is 6.42 Å². The summed E-state index contributed by atoms with van der Waals surface area (Å²) >= 11 is 0. The lowest BCUT2D eigenvalue weighted by Gasteiger charge is -2.35. The fourth-order valence-corrected chi connectivity index (χ4v) is 5.01. The van der Waals surface area contributed by atoms with Crippen LogP contribution in [0.15, 0.2) is 5.16 Å². The van der Waals surface area contributed by atoms with Crippen LogP contribution < -0.4 is 0 Å². The number of hydrogen-bond donors (Lipinski definition) is 0. The number of carbonyl (C=O) groups is 1. The van der Waals surface area contributed by atoms with Crippen LogP contribution >= 0.6 is 0 Å². The monoisotopic (exact) mass is 259 g/mol. The number of ketones is 1. The third-order valence-corrected chi connectivity index (χ3v) is 5.91. The smallest absolute Gasteiger partial charge is 0.299 e. The van der Waals surface area contributed by atoms with Gasteiger partial charge in [-0.25, -0.2) is 0 Å². The largest absolute Gasteiger partial charge is 0.329 e. The maximum Gasteiger partial charge on any atom is 0.329 e. The van der Waals surface area contributed by atoms with Crippen LogP contribution in [0.25, 0.3) is 0 Å². The molecular weight excluding hydrogens is 242 g/mol. The van der Waals surface area contributed by atoms with Gasteiger partial charge in [0, 0.05) is 13.1 Å². The van der Waals surface area contributed by atoms with Crippen LogP contribution in [-0.4, -0.2) is 26.7 Å². The first-order valence-corrected chi connectivity index (χ1v) is 7.23. The molecule has 0 aromatic heterocycles. The molecule has 2 unspecified atom stereocenters. The molecule has 0 heterocycles. The summed E-state index contributed by atoms with van der Waals surface area (Å²) in [4.78, 5) is 12.1. The van der Waals surface area contributed by atoms with Crippen molar-refractivity contribution in [3.8, 4) is 0 Å². The third kappa shape index (κ3) is 1.61. The maximum atomic E-state index is 12.1. The number of Topliss-reactive ketones (excluding diaryl/α,β-unsaturated/α-hetero) is 1. The first-order valence-electron chi connectivity index (χ1n) is 5.66. The van der Waals surface area contributed by atoms with Crippen molar-refractivity contribution in [2.75, 3.05) is 5.75 Å². The van der Waals surface area contributed by atoms with Gasteiger partial charge in [0.05, 0.1) is 5.41 Å². The molecular formula is C11H17NO4S. The number of oxime groups is 1. The van der Waals surface area contributed by atoms with Crippen molar-refractivity contribution in [1.29, 1.82) is 0 Å². The fraction of sp³-hybridized carbons (Fsp3) is 0.818. The minimum Gasteiger partial charge on any atom is -0.299 e. The molecule has 96 valence electrons. The molecule has 2 bridgehead atoms.